The maximum atomic E-state index is 13.1. The number of hydrogen-bond acceptors (Lipinski definition) is 5. The molecule has 1 aliphatic heterocycles. The van der Waals surface area contributed by atoms with Gasteiger partial charge in [0.2, 0.25) is 0 Å². The predicted molar refractivity (Wildman–Crippen MR) is 126 cm³/mol. The lowest BCUT2D eigenvalue weighted by molar-refractivity contribution is 0.0736. The van der Waals surface area contributed by atoms with Gasteiger partial charge < -0.3 is 4.90 Å². The molecule has 1 atom stereocenters. The summed E-state index contributed by atoms with van der Waals surface area (Å²) in [6, 6.07) is 20.5. The second-order valence-corrected chi connectivity index (χ2v) is 10.9. The maximum Gasteiger partial charge on any atom is 0.254 e. The molecule has 0 saturated carbocycles. The Morgan fingerprint density at radius 2 is 1.91 bits per heavy atom. The minimum Gasteiger partial charge on any atom is -0.332 e. The van der Waals surface area contributed by atoms with Gasteiger partial charge in [-0.05, 0) is 53.4 Å². The topological polar surface area (TPSA) is 67.3 Å². The molecule has 5 rings (SSSR count). The Labute approximate surface area is 191 Å². The monoisotopic (exact) mass is 462 g/mol. The number of carbonyl (C=O) groups is 1. The average Bonchev–Trinajstić information content (AvgIpc) is 3.50. The Balaban J connectivity index is 1.49. The second-order valence-electron chi connectivity index (χ2n) is 7.94. The van der Waals surface area contributed by atoms with E-state index in [2.05, 4.69) is 4.98 Å². The number of nitrogens with zero attached hydrogens (tertiary/aromatic N) is 2. The zero-order valence-corrected chi connectivity index (χ0v) is 19.0. The van der Waals surface area contributed by atoms with Crippen LogP contribution in [0.4, 0.5) is 0 Å². The molecule has 0 N–H and O–H groups in total. The zero-order valence-electron chi connectivity index (χ0n) is 17.3. The van der Waals surface area contributed by atoms with Crippen molar-refractivity contribution in [3.05, 3.63) is 94.4 Å². The number of carbonyl (C=O) groups excluding carboxylic acids is 1. The quantitative estimate of drug-likeness (QED) is 0.406. The van der Waals surface area contributed by atoms with E-state index in [0.717, 1.165) is 35.7 Å². The summed E-state index contributed by atoms with van der Waals surface area (Å²) in [6.07, 6.45) is 3.45. The van der Waals surface area contributed by atoms with E-state index in [-0.39, 0.29) is 17.7 Å². The molecule has 0 aliphatic carbocycles. The van der Waals surface area contributed by atoms with E-state index in [4.69, 9.17) is 0 Å². The van der Waals surface area contributed by atoms with Gasteiger partial charge in [0.05, 0.1) is 10.9 Å². The van der Waals surface area contributed by atoms with Gasteiger partial charge in [-0.1, -0.05) is 42.5 Å². The van der Waals surface area contributed by atoms with E-state index >= 15 is 0 Å². The molecule has 7 heteroatoms. The van der Waals surface area contributed by atoms with Crippen LogP contribution in [0, 0.1) is 0 Å². The fraction of sp³-hybridized carbons (Fsp3) is 0.200. The fourth-order valence-electron chi connectivity index (χ4n) is 4.42. The number of fused-ring (bicyclic) bond motifs is 1. The van der Waals surface area contributed by atoms with Gasteiger partial charge in [0.25, 0.3) is 5.91 Å². The Bertz CT molecular complexity index is 1370. The van der Waals surface area contributed by atoms with Crippen LogP contribution in [0.2, 0.25) is 0 Å². The van der Waals surface area contributed by atoms with Crippen LogP contribution >= 0.6 is 11.3 Å². The first-order chi connectivity index (χ1) is 15.5. The Morgan fingerprint density at radius 1 is 1.06 bits per heavy atom. The first-order valence-corrected chi connectivity index (χ1v) is 13.1. The number of thiazole rings is 1. The van der Waals surface area contributed by atoms with Crippen molar-refractivity contribution in [2.45, 2.75) is 29.5 Å². The number of sulfone groups is 1. The summed E-state index contributed by atoms with van der Waals surface area (Å²) in [5.74, 6) is -0.0644. The first-order valence-electron chi connectivity index (χ1n) is 10.5. The molecule has 2 heterocycles. The molecule has 1 fully saturated rings. The van der Waals surface area contributed by atoms with E-state index in [1.165, 1.54) is 11.3 Å². The highest BCUT2D eigenvalue weighted by Crippen LogP contribution is 2.37. The molecule has 1 unspecified atom stereocenters. The first kappa shape index (κ1) is 20.8. The average molecular weight is 463 g/mol. The Kier molecular flexibility index (Phi) is 5.53. The Morgan fingerprint density at radius 3 is 2.69 bits per heavy atom. The van der Waals surface area contributed by atoms with E-state index in [1.54, 1.807) is 23.7 Å². The van der Waals surface area contributed by atoms with Crippen LogP contribution in [-0.2, 0) is 15.6 Å². The molecule has 1 aliphatic rings. The molecule has 0 spiro atoms. The lowest BCUT2D eigenvalue weighted by atomic mass is 9.97. The summed E-state index contributed by atoms with van der Waals surface area (Å²) in [5.41, 5.74) is 1.75. The van der Waals surface area contributed by atoms with Crippen LogP contribution in [0.3, 0.4) is 0 Å². The normalized spacial score (nSPS) is 16.5. The summed E-state index contributed by atoms with van der Waals surface area (Å²) in [7, 11) is -3.48. The molecule has 32 heavy (non-hydrogen) atoms. The van der Waals surface area contributed by atoms with E-state index in [0.29, 0.717) is 15.5 Å². The third-order valence-corrected chi connectivity index (χ3v) is 8.52. The van der Waals surface area contributed by atoms with Gasteiger partial charge in [0.1, 0.15) is 10.8 Å². The van der Waals surface area contributed by atoms with Gasteiger partial charge >= 0.3 is 0 Å². The van der Waals surface area contributed by atoms with Crippen molar-refractivity contribution in [2.75, 3.05) is 6.54 Å². The number of benzene rings is 3. The van der Waals surface area contributed by atoms with Crippen LogP contribution in [0.25, 0.3) is 10.8 Å². The predicted octanol–water partition coefficient (Wildman–Crippen LogP) is 5.25. The van der Waals surface area contributed by atoms with Crippen LogP contribution in [0.15, 0.2) is 83.2 Å². The number of amides is 1. The second kappa shape index (κ2) is 8.48. The third kappa shape index (κ3) is 3.94. The largest absolute Gasteiger partial charge is 0.332 e. The van der Waals surface area contributed by atoms with E-state index < -0.39 is 9.84 Å². The standard InChI is InChI=1S/C25H22N2O3S2/c28-25(18-6-2-1-3-7-18)27-14-5-10-23(27)22-9-4-8-19-16-20(11-12-21(19)22)32(29,30)17-24-26-13-15-31-24/h1-4,6-9,11-13,15-16,23H,5,10,14,17H2. The van der Waals surface area contributed by atoms with Gasteiger partial charge in [0, 0.05) is 23.7 Å². The van der Waals surface area contributed by atoms with Crippen molar-refractivity contribution in [1.82, 2.24) is 9.88 Å². The van der Waals surface area contributed by atoms with Crippen molar-refractivity contribution in [1.29, 1.82) is 0 Å². The number of aromatic nitrogens is 1. The highest BCUT2D eigenvalue weighted by Gasteiger charge is 2.31. The summed E-state index contributed by atoms with van der Waals surface area (Å²) in [6.45, 7) is 0.717. The molecular weight excluding hydrogens is 440 g/mol. The third-order valence-electron chi connectivity index (χ3n) is 5.94. The molecule has 1 aromatic heterocycles. The Hall–Kier alpha value is -3.03. The van der Waals surface area contributed by atoms with E-state index in [9.17, 15) is 13.2 Å². The number of rotatable bonds is 5. The molecule has 4 aromatic rings. The molecule has 3 aromatic carbocycles. The summed E-state index contributed by atoms with van der Waals surface area (Å²) in [5, 5.41) is 4.21. The minimum absolute atomic E-state index is 0.0239. The van der Waals surface area contributed by atoms with Gasteiger partial charge in [-0.2, -0.15) is 0 Å². The van der Waals surface area contributed by atoms with Crippen molar-refractivity contribution in [2.24, 2.45) is 0 Å². The molecule has 1 saturated heterocycles. The molecule has 1 amide bonds. The minimum atomic E-state index is -3.48. The van der Waals surface area contributed by atoms with Crippen molar-refractivity contribution >= 4 is 37.9 Å². The molecule has 162 valence electrons. The highest BCUT2D eigenvalue weighted by atomic mass is 32.2. The molecular formula is C25H22N2O3S2. The number of hydrogen-bond donors (Lipinski definition) is 0. The van der Waals surface area contributed by atoms with Gasteiger partial charge in [-0.3, -0.25) is 4.79 Å². The van der Waals surface area contributed by atoms with Crippen LogP contribution in [0.1, 0.15) is 39.8 Å². The van der Waals surface area contributed by atoms with Crippen molar-refractivity contribution in [3.63, 3.8) is 0 Å². The summed E-state index contributed by atoms with van der Waals surface area (Å²) in [4.78, 5) is 19.5. The zero-order chi connectivity index (χ0) is 22.1. The summed E-state index contributed by atoms with van der Waals surface area (Å²) >= 11 is 1.34. The van der Waals surface area contributed by atoms with Crippen LogP contribution in [-0.4, -0.2) is 30.8 Å². The van der Waals surface area contributed by atoms with Crippen molar-refractivity contribution < 1.29 is 13.2 Å². The van der Waals surface area contributed by atoms with Crippen LogP contribution in [0.5, 0.6) is 0 Å². The smallest absolute Gasteiger partial charge is 0.254 e. The lowest BCUT2D eigenvalue weighted by Crippen LogP contribution is -2.30. The highest BCUT2D eigenvalue weighted by molar-refractivity contribution is 7.90. The fourth-order valence-corrected chi connectivity index (χ4v) is 6.71. The van der Waals surface area contributed by atoms with E-state index in [1.807, 2.05) is 59.5 Å². The maximum absolute atomic E-state index is 13.1. The summed E-state index contributed by atoms with van der Waals surface area (Å²) < 4.78 is 25.8. The molecule has 0 bridgehead atoms. The van der Waals surface area contributed by atoms with Crippen molar-refractivity contribution in [3.8, 4) is 0 Å². The van der Waals surface area contributed by atoms with Gasteiger partial charge in [0.15, 0.2) is 9.84 Å². The number of likely N-dealkylation sites (tertiary alicyclic amines) is 1. The molecule has 0 radical (unpaired) electrons. The van der Waals surface area contributed by atoms with Gasteiger partial charge in [-0.15, -0.1) is 11.3 Å². The molecule has 5 nitrogen and oxygen atoms in total. The van der Waals surface area contributed by atoms with Gasteiger partial charge in [-0.25, -0.2) is 13.4 Å². The lowest BCUT2D eigenvalue weighted by Gasteiger charge is -2.26. The SMILES string of the molecule is O=C(c1ccccc1)N1CCCC1c1cccc2cc(S(=O)(=O)Cc3nccs3)ccc12. The van der Waals surface area contributed by atoms with Crippen LogP contribution < -0.4 is 0 Å².